The van der Waals surface area contributed by atoms with Gasteiger partial charge < -0.3 is 34.7 Å². The molecule has 1 aromatic heterocycles. The molecule has 0 radical (unpaired) electrons. The first-order valence-corrected chi connectivity index (χ1v) is 8.99. The summed E-state index contributed by atoms with van der Waals surface area (Å²) in [6.07, 6.45) is 1.81. The van der Waals surface area contributed by atoms with E-state index < -0.39 is 11.9 Å². The van der Waals surface area contributed by atoms with Gasteiger partial charge in [0, 0.05) is 24.7 Å². The van der Waals surface area contributed by atoms with E-state index in [9.17, 15) is 5.11 Å². The summed E-state index contributed by atoms with van der Waals surface area (Å²) in [5, 5.41) is 28.2. The van der Waals surface area contributed by atoms with Crippen molar-refractivity contribution in [2.45, 2.75) is 6.54 Å². The second kappa shape index (κ2) is 10.5. The van der Waals surface area contributed by atoms with Crippen LogP contribution in [-0.2, 0) is 23.2 Å². The number of aromatic hydroxyl groups is 1. The summed E-state index contributed by atoms with van der Waals surface area (Å²) in [6.45, 7) is 0.436. The van der Waals surface area contributed by atoms with Gasteiger partial charge in [0.15, 0.2) is 11.5 Å². The number of aliphatic carboxylic acids is 2. The molecule has 0 spiro atoms. The molecule has 1 heterocycles. The summed E-state index contributed by atoms with van der Waals surface area (Å²) in [4.78, 5) is 22.6. The first-order valence-electron chi connectivity index (χ1n) is 8.99. The molecular weight excluding hydrogens is 406 g/mol. The number of phenols is 1. The summed E-state index contributed by atoms with van der Waals surface area (Å²) in [5.41, 5.74) is 2.73. The van der Waals surface area contributed by atoms with Gasteiger partial charge in [-0.05, 0) is 18.2 Å². The Morgan fingerprint density at radius 2 is 1.74 bits per heavy atom. The third kappa shape index (κ3) is 5.89. The van der Waals surface area contributed by atoms with Crippen molar-refractivity contribution in [3.05, 3.63) is 54.2 Å². The van der Waals surface area contributed by atoms with Gasteiger partial charge in [-0.25, -0.2) is 14.6 Å². The number of phenolic OH excluding ortho intramolecular Hbond substituents is 1. The van der Waals surface area contributed by atoms with Crippen molar-refractivity contribution in [1.82, 2.24) is 9.55 Å². The molecule has 2 aromatic carbocycles. The van der Waals surface area contributed by atoms with Crippen LogP contribution in [0.15, 0.2) is 48.7 Å². The maximum Gasteiger partial charge on any atom is 0.414 e. The minimum atomic E-state index is -1.82. The Bertz CT molecular complexity index is 1050. The van der Waals surface area contributed by atoms with Crippen molar-refractivity contribution >= 4 is 17.9 Å². The predicted molar refractivity (Wildman–Crippen MR) is 112 cm³/mol. The molecule has 0 fully saturated rings. The van der Waals surface area contributed by atoms with Crippen LogP contribution >= 0.6 is 0 Å². The molecule has 0 saturated carbocycles. The number of ether oxygens (including phenoxy) is 2. The number of anilines is 1. The Morgan fingerprint density at radius 3 is 2.35 bits per heavy atom. The fourth-order valence-electron chi connectivity index (χ4n) is 2.67. The van der Waals surface area contributed by atoms with E-state index in [1.54, 1.807) is 13.2 Å². The molecule has 0 aliphatic rings. The van der Waals surface area contributed by atoms with Crippen LogP contribution in [0.5, 0.6) is 17.2 Å². The molecule has 3 rings (SSSR count). The highest BCUT2D eigenvalue weighted by molar-refractivity contribution is 6.27. The minimum Gasteiger partial charge on any atom is -0.504 e. The molecule has 164 valence electrons. The van der Waals surface area contributed by atoms with Crippen molar-refractivity contribution in [2.24, 2.45) is 7.05 Å². The molecular formula is C21H23N3O7. The molecule has 0 aliphatic carbocycles. The SMILES string of the molecule is COc1cccc(-c2cnc(NCc3cccc(OC)c3O)n2C)c1.O=C(O)C(=O)O. The standard InChI is InChI=1S/C19H21N3O3.C2H2O4/c1-22-16(13-6-4-8-15(10-13)24-2)12-21-19(22)20-11-14-7-5-9-17(25-3)18(14)23;3-1(4)2(5)6/h4-10,12,23H,11H2,1-3H3,(H,20,21);(H,3,4)(H,5,6). The van der Waals surface area contributed by atoms with Crippen LogP contribution in [-0.4, -0.2) is 51.0 Å². The van der Waals surface area contributed by atoms with Crippen molar-refractivity contribution in [1.29, 1.82) is 0 Å². The van der Waals surface area contributed by atoms with Gasteiger partial charge in [-0.1, -0.05) is 24.3 Å². The van der Waals surface area contributed by atoms with Gasteiger partial charge >= 0.3 is 11.9 Å². The number of para-hydroxylation sites is 1. The van der Waals surface area contributed by atoms with Gasteiger partial charge in [-0.3, -0.25) is 0 Å². The largest absolute Gasteiger partial charge is 0.504 e. The van der Waals surface area contributed by atoms with Crippen molar-refractivity contribution in [3.8, 4) is 28.5 Å². The number of carboxylic acids is 2. The molecule has 4 N–H and O–H groups in total. The molecule has 0 amide bonds. The Hall–Kier alpha value is -4.21. The average molecular weight is 429 g/mol. The Kier molecular flexibility index (Phi) is 7.84. The lowest BCUT2D eigenvalue weighted by Crippen LogP contribution is -2.09. The Morgan fingerprint density at radius 1 is 1.06 bits per heavy atom. The number of hydrogen-bond donors (Lipinski definition) is 4. The topological polar surface area (TPSA) is 143 Å². The summed E-state index contributed by atoms with van der Waals surface area (Å²) in [7, 11) is 5.12. The number of rotatable bonds is 6. The minimum absolute atomic E-state index is 0.139. The number of nitrogens with zero attached hydrogens (tertiary/aromatic N) is 2. The van der Waals surface area contributed by atoms with Crippen molar-refractivity contribution < 1.29 is 34.4 Å². The van der Waals surface area contributed by atoms with E-state index in [1.807, 2.05) is 54.2 Å². The zero-order chi connectivity index (χ0) is 23.0. The second-order valence-electron chi connectivity index (χ2n) is 6.19. The molecule has 10 nitrogen and oxygen atoms in total. The fourth-order valence-corrected chi connectivity index (χ4v) is 2.67. The average Bonchev–Trinajstić information content (AvgIpc) is 3.13. The number of aromatic nitrogens is 2. The van der Waals surface area contributed by atoms with Crippen LogP contribution in [0, 0.1) is 0 Å². The first-order chi connectivity index (χ1) is 14.8. The Labute approximate surface area is 178 Å². The third-order valence-electron chi connectivity index (χ3n) is 4.28. The quantitative estimate of drug-likeness (QED) is 0.435. The highest BCUT2D eigenvalue weighted by Crippen LogP contribution is 2.30. The maximum absolute atomic E-state index is 10.2. The van der Waals surface area contributed by atoms with E-state index in [0.29, 0.717) is 18.2 Å². The highest BCUT2D eigenvalue weighted by atomic mass is 16.5. The number of nitrogens with one attached hydrogen (secondary N) is 1. The van der Waals surface area contributed by atoms with Gasteiger partial charge in [-0.2, -0.15) is 0 Å². The van der Waals surface area contributed by atoms with Crippen LogP contribution < -0.4 is 14.8 Å². The fraction of sp³-hybridized carbons (Fsp3) is 0.190. The zero-order valence-corrected chi connectivity index (χ0v) is 17.2. The van der Waals surface area contributed by atoms with Gasteiger partial charge in [0.05, 0.1) is 26.1 Å². The van der Waals surface area contributed by atoms with Gasteiger partial charge in [0.25, 0.3) is 0 Å². The van der Waals surface area contributed by atoms with E-state index in [4.69, 9.17) is 29.3 Å². The summed E-state index contributed by atoms with van der Waals surface area (Å²) in [5.74, 6) is -1.55. The lowest BCUT2D eigenvalue weighted by atomic mass is 10.1. The van der Waals surface area contributed by atoms with Crippen LogP contribution in [0.3, 0.4) is 0 Å². The van der Waals surface area contributed by atoms with E-state index in [2.05, 4.69) is 10.3 Å². The van der Waals surface area contributed by atoms with E-state index in [0.717, 1.165) is 22.6 Å². The maximum atomic E-state index is 10.2. The third-order valence-corrected chi connectivity index (χ3v) is 4.28. The predicted octanol–water partition coefficient (Wildman–Crippen LogP) is 2.58. The van der Waals surface area contributed by atoms with Gasteiger partial charge in [0.1, 0.15) is 5.75 Å². The number of carbonyl (C=O) groups is 2. The van der Waals surface area contributed by atoms with Crippen LogP contribution in [0.1, 0.15) is 5.56 Å². The molecule has 3 aromatic rings. The van der Waals surface area contributed by atoms with Crippen LogP contribution in [0.2, 0.25) is 0 Å². The van der Waals surface area contributed by atoms with Crippen LogP contribution in [0.25, 0.3) is 11.3 Å². The summed E-state index contributed by atoms with van der Waals surface area (Å²) in [6, 6.07) is 13.2. The molecule has 0 aliphatic heterocycles. The number of hydrogen-bond acceptors (Lipinski definition) is 7. The summed E-state index contributed by atoms with van der Waals surface area (Å²) < 4.78 is 12.4. The number of benzene rings is 2. The molecule has 0 bridgehead atoms. The summed E-state index contributed by atoms with van der Waals surface area (Å²) >= 11 is 0. The Balaban J connectivity index is 0.000000501. The number of imidazole rings is 1. The van der Waals surface area contributed by atoms with E-state index in [-0.39, 0.29) is 5.75 Å². The smallest absolute Gasteiger partial charge is 0.414 e. The molecule has 0 atom stereocenters. The molecule has 31 heavy (non-hydrogen) atoms. The van der Waals surface area contributed by atoms with Gasteiger partial charge in [0.2, 0.25) is 5.95 Å². The van der Waals surface area contributed by atoms with E-state index >= 15 is 0 Å². The lowest BCUT2D eigenvalue weighted by Gasteiger charge is -2.11. The first kappa shape index (κ1) is 23.1. The van der Waals surface area contributed by atoms with Crippen LogP contribution in [0.4, 0.5) is 5.95 Å². The van der Waals surface area contributed by atoms with Crippen molar-refractivity contribution in [2.75, 3.05) is 19.5 Å². The monoisotopic (exact) mass is 429 g/mol. The van der Waals surface area contributed by atoms with Gasteiger partial charge in [-0.15, -0.1) is 0 Å². The molecule has 0 saturated heterocycles. The highest BCUT2D eigenvalue weighted by Gasteiger charge is 2.11. The normalized spacial score (nSPS) is 9.90. The van der Waals surface area contributed by atoms with E-state index in [1.165, 1.54) is 7.11 Å². The lowest BCUT2D eigenvalue weighted by molar-refractivity contribution is -0.159. The molecule has 0 unspecified atom stereocenters. The number of carboxylic acid groups (broad SMARTS) is 2. The molecule has 10 heteroatoms. The van der Waals surface area contributed by atoms with Crippen molar-refractivity contribution in [3.63, 3.8) is 0 Å². The second-order valence-corrected chi connectivity index (χ2v) is 6.19. The zero-order valence-electron chi connectivity index (χ0n) is 17.2. The number of methoxy groups -OCH3 is 2.